The summed E-state index contributed by atoms with van der Waals surface area (Å²) >= 11 is 0. The van der Waals surface area contributed by atoms with Gasteiger partial charge in [0.15, 0.2) is 0 Å². The van der Waals surface area contributed by atoms with Crippen LogP contribution in [0.3, 0.4) is 0 Å². The smallest absolute Gasteiger partial charge is 0.150 e. The summed E-state index contributed by atoms with van der Waals surface area (Å²) in [5.74, 6) is 0.292. The largest absolute Gasteiger partial charge is 0.387 e. The van der Waals surface area contributed by atoms with Gasteiger partial charge in [-0.3, -0.25) is 4.98 Å². The van der Waals surface area contributed by atoms with Crippen LogP contribution in [0.4, 0.5) is 0 Å². The zero-order valence-electron chi connectivity index (χ0n) is 9.33. The van der Waals surface area contributed by atoms with Gasteiger partial charge in [0.05, 0.1) is 17.6 Å². The second-order valence-electron chi connectivity index (χ2n) is 3.65. The van der Waals surface area contributed by atoms with Gasteiger partial charge in [0.2, 0.25) is 0 Å². The summed E-state index contributed by atoms with van der Waals surface area (Å²) in [5.41, 5.74) is 0.594. The van der Waals surface area contributed by atoms with Crippen LogP contribution in [0.5, 0.6) is 0 Å². The van der Waals surface area contributed by atoms with Crippen molar-refractivity contribution in [3.63, 3.8) is 0 Å². The van der Waals surface area contributed by atoms with E-state index in [2.05, 4.69) is 4.98 Å². The molecule has 0 bridgehead atoms. The van der Waals surface area contributed by atoms with E-state index in [1.54, 1.807) is 31.3 Å². The van der Waals surface area contributed by atoms with E-state index in [0.717, 1.165) is 0 Å². The lowest BCUT2D eigenvalue weighted by atomic mass is 10.1. The van der Waals surface area contributed by atoms with Crippen LogP contribution in [0, 0.1) is 0 Å². The van der Waals surface area contributed by atoms with Crippen molar-refractivity contribution < 1.29 is 13.5 Å². The highest BCUT2D eigenvalue weighted by atomic mass is 32.2. The molecule has 1 atom stereocenters. The lowest BCUT2D eigenvalue weighted by Crippen LogP contribution is -2.10. The Morgan fingerprint density at radius 3 is 2.75 bits per heavy atom. The van der Waals surface area contributed by atoms with E-state index in [0.29, 0.717) is 18.5 Å². The first kappa shape index (κ1) is 13.1. The number of rotatable bonds is 6. The Balaban J connectivity index is 2.40. The molecule has 16 heavy (non-hydrogen) atoms. The van der Waals surface area contributed by atoms with Gasteiger partial charge >= 0.3 is 0 Å². The summed E-state index contributed by atoms with van der Waals surface area (Å²) in [6, 6.07) is 5.31. The Hall–Kier alpha value is -0.940. The molecule has 5 heteroatoms. The van der Waals surface area contributed by atoms with Gasteiger partial charge in [-0.25, -0.2) is 8.42 Å². The molecule has 0 aromatic carbocycles. The number of aliphatic hydroxyl groups excluding tert-OH is 1. The lowest BCUT2D eigenvalue weighted by Gasteiger charge is -2.09. The molecule has 1 unspecified atom stereocenters. The molecule has 0 amide bonds. The van der Waals surface area contributed by atoms with Crippen LogP contribution >= 0.6 is 0 Å². The number of hydrogen-bond donors (Lipinski definition) is 1. The van der Waals surface area contributed by atoms with E-state index in [9.17, 15) is 13.5 Å². The van der Waals surface area contributed by atoms with Crippen LogP contribution in [0.25, 0.3) is 0 Å². The number of aliphatic hydroxyl groups is 1. The minimum atomic E-state index is -2.93. The van der Waals surface area contributed by atoms with Crippen LogP contribution < -0.4 is 0 Å². The van der Waals surface area contributed by atoms with E-state index in [-0.39, 0.29) is 11.5 Å². The van der Waals surface area contributed by atoms with Gasteiger partial charge in [-0.15, -0.1) is 0 Å². The molecular weight excluding hydrogens is 226 g/mol. The summed E-state index contributed by atoms with van der Waals surface area (Å²) in [4.78, 5) is 4.01. The molecular formula is C11H17NO3S. The summed E-state index contributed by atoms with van der Waals surface area (Å²) in [5, 5.41) is 9.73. The zero-order chi connectivity index (χ0) is 12.0. The molecule has 0 aliphatic rings. The molecule has 1 N–H and O–H groups in total. The van der Waals surface area contributed by atoms with Crippen molar-refractivity contribution in [1.29, 1.82) is 0 Å². The SMILES string of the molecule is CCS(=O)(=O)CCCC(O)c1ccccn1. The first-order valence-corrected chi connectivity index (χ1v) is 7.16. The van der Waals surface area contributed by atoms with Crippen molar-refractivity contribution in [3.8, 4) is 0 Å². The topological polar surface area (TPSA) is 67.3 Å². The van der Waals surface area contributed by atoms with Gasteiger partial charge in [0.1, 0.15) is 9.84 Å². The Bertz CT molecular complexity index is 402. The normalized spacial score (nSPS) is 13.6. The third kappa shape index (κ3) is 4.28. The van der Waals surface area contributed by atoms with Gasteiger partial charge < -0.3 is 5.11 Å². The van der Waals surface area contributed by atoms with Crippen molar-refractivity contribution in [2.75, 3.05) is 11.5 Å². The highest BCUT2D eigenvalue weighted by Crippen LogP contribution is 2.15. The fourth-order valence-electron chi connectivity index (χ4n) is 1.36. The number of nitrogens with zero attached hydrogens (tertiary/aromatic N) is 1. The summed E-state index contributed by atoms with van der Waals surface area (Å²) in [7, 11) is -2.93. The van der Waals surface area contributed by atoms with Crippen molar-refractivity contribution >= 4 is 9.84 Å². The fraction of sp³-hybridized carbons (Fsp3) is 0.545. The molecule has 0 aliphatic carbocycles. The van der Waals surface area contributed by atoms with Gasteiger partial charge in [-0.1, -0.05) is 13.0 Å². The van der Waals surface area contributed by atoms with Crippen LogP contribution in [0.2, 0.25) is 0 Å². The number of pyridine rings is 1. The molecule has 0 fully saturated rings. The quantitative estimate of drug-likeness (QED) is 0.818. The van der Waals surface area contributed by atoms with Crippen molar-refractivity contribution in [2.45, 2.75) is 25.9 Å². The molecule has 0 saturated heterocycles. The van der Waals surface area contributed by atoms with E-state index in [1.165, 1.54) is 0 Å². The van der Waals surface area contributed by atoms with Crippen molar-refractivity contribution in [1.82, 2.24) is 4.98 Å². The van der Waals surface area contributed by atoms with Gasteiger partial charge in [-0.2, -0.15) is 0 Å². The average Bonchev–Trinajstić information content (AvgIpc) is 2.30. The van der Waals surface area contributed by atoms with E-state index in [4.69, 9.17) is 0 Å². The molecule has 1 aromatic heterocycles. The van der Waals surface area contributed by atoms with Gasteiger partial charge in [-0.05, 0) is 25.0 Å². The number of hydrogen-bond acceptors (Lipinski definition) is 4. The maximum absolute atomic E-state index is 11.2. The maximum atomic E-state index is 11.2. The molecule has 1 rings (SSSR count). The number of aromatic nitrogens is 1. The zero-order valence-corrected chi connectivity index (χ0v) is 10.2. The molecule has 0 saturated carbocycles. The van der Waals surface area contributed by atoms with Gasteiger partial charge in [0, 0.05) is 11.9 Å². The standard InChI is InChI=1S/C11H17NO3S/c1-2-16(14,15)9-5-7-11(13)10-6-3-4-8-12-10/h3-4,6,8,11,13H,2,5,7,9H2,1H3. The molecule has 4 nitrogen and oxygen atoms in total. The highest BCUT2D eigenvalue weighted by Gasteiger charge is 2.11. The predicted octanol–water partition coefficient (Wildman–Crippen LogP) is 1.33. The molecule has 90 valence electrons. The van der Waals surface area contributed by atoms with E-state index in [1.807, 2.05) is 0 Å². The predicted molar refractivity (Wildman–Crippen MR) is 62.8 cm³/mol. The fourth-order valence-corrected chi connectivity index (χ4v) is 2.26. The Labute approximate surface area is 96.3 Å². The van der Waals surface area contributed by atoms with E-state index >= 15 is 0 Å². The second-order valence-corrected chi connectivity index (χ2v) is 6.12. The Morgan fingerprint density at radius 1 is 1.44 bits per heavy atom. The first-order chi connectivity index (χ1) is 7.55. The summed E-state index contributed by atoms with van der Waals surface area (Å²) < 4.78 is 22.4. The monoisotopic (exact) mass is 243 g/mol. The highest BCUT2D eigenvalue weighted by molar-refractivity contribution is 7.91. The van der Waals surface area contributed by atoms with Crippen molar-refractivity contribution in [3.05, 3.63) is 30.1 Å². The molecule has 1 aromatic rings. The van der Waals surface area contributed by atoms with Crippen LogP contribution in [-0.4, -0.2) is 30.0 Å². The Kier molecular flexibility index (Phi) is 4.89. The number of sulfone groups is 1. The maximum Gasteiger partial charge on any atom is 0.150 e. The molecule has 0 spiro atoms. The Morgan fingerprint density at radius 2 is 2.19 bits per heavy atom. The summed E-state index contributed by atoms with van der Waals surface area (Å²) in [6.45, 7) is 1.63. The van der Waals surface area contributed by atoms with Crippen LogP contribution in [0.15, 0.2) is 24.4 Å². The lowest BCUT2D eigenvalue weighted by molar-refractivity contribution is 0.162. The summed E-state index contributed by atoms with van der Waals surface area (Å²) in [6.07, 6.45) is 1.83. The minimum absolute atomic E-state index is 0.132. The van der Waals surface area contributed by atoms with E-state index < -0.39 is 15.9 Å². The third-order valence-electron chi connectivity index (χ3n) is 2.40. The molecule has 0 aliphatic heterocycles. The third-order valence-corrected chi connectivity index (χ3v) is 4.19. The van der Waals surface area contributed by atoms with Crippen molar-refractivity contribution in [2.24, 2.45) is 0 Å². The average molecular weight is 243 g/mol. The van der Waals surface area contributed by atoms with Crippen LogP contribution in [-0.2, 0) is 9.84 Å². The molecule has 1 heterocycles. The van der Waals surface area contributed by atoms with Gasteiger partial charge in [0.25, 0.3) is 0 Å². The second kappa shape index (κ2) is 5.96. The molecule has 0 radical (unpaired) electrons. The first-order valence-electron chi connectivity index (χ1n) is 5.34. The van der Waals surface area contributed by atoms with Crippen LogP contribution in [0.1, 0.15) is 31.6 Å². The minimum Gasteiger partial charge on any atom is -0.387 e.